The Morgan fingerprint density at radius 3 is 1.50 bits per heavy atom. The quantitative estimate of drug-likeness (QED) is 0.638. The van der Waals surface area contributed by atoms with Crippen molar-refractivity contribution in [3.8, 4) is 0 Å². The van der Waals surface area contributed by atoms with E-state index in [1.54, 1.807) is 0 Å². The Kier molecular flexibility index (Phi) is 9.58. The number of para-hydroxylation sites is 1. The number of nitrogens with two attached hydrogens (primary N) is 1. The fraction of sp³-hybridized carbons (Fsp3) is 0.538. The molecule has 104 valence electrons. The lowest BCUT2D eigenvalue weighted by molar-refractivity contribution is 0.0783. The average molecular weight is 271 g/mol. The largest absolute Gasteiger partial charge is 0.497 e. The monoisotopic (exact) mass is 271 g/mol. The van der Waals surface area contributed by atoms with Gasteiger partial charge in [0.2, 0.25) is 0 Å². The van der Waals surface area contributed by atoms with Gasteiger partial charge in [-0.15, -0.1) is 0 Å². The Hall–Kier alpha value is -0.883. The van der Waals surface area contributed by atoms with Crippen LogP contribution in [0, 0.1) is 0 Å². The molecule has 0 radical (unpaired) electrons. The lowest BCUT2D eigenvalue weighted by atomic mass is 10.3. The van der Waals surface area contributed by atoms with Crippen LogP contribution < -0.4 is 5.73 Å². The van der Waals surface area contributed by atoms with Crippen LogP contribution in [0.4, 0.5) is 5.69 Å². The van der Waals surface area contributed by atoms with Crippen molar-refractivity contribution in [1.29, 1.82) is 0 Å². The van der Waals surface area contributed by atoms with Crippen molar-refractivity contribution >= 4 is 14.5 Å². The molecule has 0 unspecified atom stereocenters. The van der Waals surface area contributed by atoms with Gasteiger partial charge in [-0.3, -0.25) is 0 Å². The number of rotatable bonds is 6. The third-order valence-corrected chi connectivity index (χ3v) is 4.46. The lowest BCUT2D eigenvalue weighted by Gasteiger charge is -2.23. The molecule has 0 spiro atoms. The highest BCUT2D eigenvalue weighted by molar-refractivity contribution is 6.59. The molecule has 0 aliphatic heterocycles. The first-order chi connectivity index (χ1) is 8.58. The molecule has 0 saturated heterocycles. The Bertz CT molecular complexity index is 279. The Morgan fingerprint density at radius 1 is 0.889 bits per heavy atom. The highest BCUT2D eigenvalue weighted by Gasteiger charge is 2.32. The SMILES string of the molecule is CCO[Si](C)(OCC)OCC.Nc1ccccc1. The molecular weight excluding hydrogens is 246 g/mol. The summed E-state index contributed by atoms with van der Waals surface area (Å²) in [5, 5.41) is 0. The molecule has 0 saturated carbocycles. The summed E-state index contributed by atoms with van der Waals surface area (Å²) in [5.74, 6) is 0. The maximum absolute atomic E-state index is 5.40. The summed E-state index contributed by atoms with van der Waals surface area (Å²) in [5.41, 5.74) is 6.18. The first kappa shape index (κ1) is 17.1. The Labute approximate surface area is 111 Å². The zero-order valence-corrected chi connectivity index (χ0v) is 12.8. The average Bonchev–Trinajstić information content (AvgIpc) is 2.31. The lowest BCUT2D eigenvalue weighted by Crippen LogP contribution is -2.42. The van der Waals surface area contributed by atoms with E-state index in [1.165, 1.54) is 0 Å². The van der Waals surface area contributed by atoms with E-state index in [9.17, 15) is 0 Å². The number of benzene rings is 1. The van der Waals surface area contributed by atoms with Gasteiger partial charge in [-0.25, -0.2) is 0 Å². The highest BCUT2D eigenvalue weighted by atomic mass is 28.4. The van der Waals surface area contributed by atoms with E-state index in [4.69, 9.17) is 19.0 Å². The molecule has 0 atom stereocenters. The van der Waals surface area contributed by atoms with Crippen LogP contribution in [0.1, 0.15) is 20.8 Å². The van der Waals surface area contributed by atoms with Gasteiger partial charge < -0.3 is 19.0 Å². The molecule has 4 nitrogen and oxygen atoms in total. The second-order valence-corrected chi connectivity index (χ2v) is 6.16. The van der Waals surface area contributed by atoms with Gasteiger partial charge in [-0.2, -0.15) is 0 Å². The third-order valence-electron chi connectivity index (χ3n) is 2.02. The van der Waals surface area contributed by atoms with Gasteiger partial charge in [-0.1, -0.05) is 18.2 Å². The summed E-state index contributed by atoms with van der Waals surface area (Å²) in [6.07, 6.45) is 0. The molecule has 0 heterocycles. The normalized spacial score (nSPS) is 10.7. The number of hydrogen-bond donors (Lipinski definition) is 1. The summed E-state index contributed by atoms with van der Waals surface area (Å²) >= 11 is 0. The molecule has 1 aromatic rings. The smallest absolute Gasteiger partial charge is 0.399 e. The molecule has 0 bridgehead atoms. The summed E-state index contributed by atoms with van der Waals surface area (Å²) in [6.45, 7) is 9.73. The number of hydrogen-bond acceptors (Lipinski definition) is 4. The van der Waals surface area contributed by atoms with Crippen molar-refractivity contribution in [1.82, 2.24) is 0 Å². The second-order valence-electron chi connectivity index (χ2n) is 3.57. The van der Waals surface area contributed by atoms with E-state index in [1.807, 2.05) is 57.7 Å². The van der Waals surface area contributed by atoms with Crippen LogP contribution in [0.3, 0.4) is 0 Å². The molecule has 0 aliphatic carbocycles. The van der Waals surface area contributed by atoms with Gasteiger partial charge in [0.25, 0.3) is 0 Å². The Balaban J connectivity index is 0.000000351. The van der Waals surface area contributed by atoms with E-state index < -0.39 is 8.80 Å². The first-order valence-electron chi connectivity index (χ1n) is 6.30. The van der Waals surface area contributed by atoms with Crippen molar-refractivity contribution in [2.24, 2.45) is 0 Å². The van der Waals surface area contributed by atoms with E-state index in [-0.39, 0.29) is 0 Å². The maximum Gasteiger partial charge on any atom is 0.497 e. The van der Waals surface area contributed by atoms with Crippen LogP contribution in [-0.4, -0.2) is 28.6 Å². The molecule has 0 fully saturated rings. The standard InChI is InChI=1S/C7H18O3Si.C6H7N/c1-5-8-11(4,9-6-2)10-7-3;7-6-4-2-1-3-5-6/h5-7H2,1-4H3;1-5H,7H2. The predicted molar refractivity (Wildman–Crippen MR) is 77.4 cm³/mol. The molecular formula is C13H25NO3Si. The zero-order chi connectivity index (χ0) is 13.9. The number of nitrogen functional groups attached to an aromatic ring is 1. The van der Waals surface area contributed by atoms with Crippen molar-refractivity contribution in [2.45, 2.75) is 27.3 Å². The van der Waals surface area contributed by atoms with Gasteiger partial charge >= 0.3 is 8.80 Å². The van der Waals surface area contributed by atoms with Crippen LogP contribution in [0.2, 0.25) is 6.55 Å². The van der Waals surface area contributed by atoms with Crippen LogP contribution in [0.5, 0.6) is 0 Å². The molecule has 2 N–H and O–H groups in total. The van der Waals surface area contributed by atoms with Crippen LogP contribution >= 0.6 is 0 Å². The van der Waals surface area contributed by atoms with Gasteiger partial charge in [0.05, 0.1) is 0 Å². The maximum atomic E-state index is 5.40. The van der Waals surface area contributed by atoms with Gasteiger partial charge in [-0.05, 0) is 32.9 Å². The molecule has 0 amide bonds. The van der Waals surface area contributed by atoms with Crippen LogP contribution in [-0.2, 0) is 13.3 Å². The zero-order valence-electron chi connectivity index (χ0n) is 11.8. The van der Waals surface area contributed by atoms with Gasteiger partial charge in [0.15, 0.2) is 0 Å². The molecule has 18 heavy (non-hydrogen) atoms. The highest BCUT2D eigenvalue weighted by Crippen LogP contribution is 2.08. The van der Waals surface area contributed by atoms with E-state index in [0.29, 0.717) is 19.8 Å². The first-order valence-corrected chi connectivity index (χ1v) is 8.52. The molecule has 0 aliphatic rings. The van der Waals surface area contributed by atoms with E-state index in [0.717, 1.165) is 5.69 Å². The third kappa shape index (κ3) is 8.24. The summed E-state index contributed by atoms with van der Waals surface area (Å²) < 4.78 is 16.2. The Morgan fingerprint density at radius 2 is 1.28 bits per heavy atom. The van der Waals surface area contributed by atoms with Crippen LogP contribution in [0.15, 0.2) is 30.3 Å². The fourth-order valence-electron chi connectivity index (χ4n) is 1.36. The molecule has 1 aromatic carbocycles. The summed E-state index contributed by atoms with van der Waals surface area (Å²) in [7, 11) is -2.25. The topological polar surface area (TPSA) is 53.7 Å². The number of anilines is 1. The van der Waals surface area contributed by atoms with Gasteiger partial charge in [0.1, 0.15) is 0 Å². The fourth-order valence-corrected chi connectivity index (χ4v) is 3.19. The van der Waals surface area contributed by atoms with Crippen molar-refractivity contribution in [3.05, 3.63) is 30.3 Å². The minimum Gasteiger partial charge on any atom is -0.399 e. The van der Waals surface area contributed by atoms with E-state index >= 15 is 0 Å². The minimum absolute atomic E-state index is 0.655. The minimum atomic E-state index is -2.25. The van der Waals surface area contributed by atoms with Crippen molar-refractivity contribution in [2.75, 3.05) is 25.6 Å². The molecule has 1 rings (SSSR count). The summed E-state index contributed by atoms with van der Waals surface area (Å²) in [4.78, 5) is 0. The van der Waals surface area contributed by atoms with Gasteiger partial charge in [0, 0.05) is 32.1 Å². The second kappa shape index (κ2) is 10.1. The summed E-state index contributed by atoms with van der Waals surface area (Å²) in [6, 6.07) is 9.49. The van der Waals surface area contributed by atoms with Crippen molar-refractivity contribution < 1.29 is 13.3 Å². The molecule has 0 aromatic heterocycles. The predicted octanol–water partition coefficient (Wildman–Crippen LogP) is 2.93. The molecule has 5 heteroatoms. The van der Waals surface area contributed by atoms with Crippen molar-refractivity contribution in [3.63, 3.8) is 0 Å². The van der Waals surface area contributed by atoms with E-state index in [2.05, 4.69) is 0 Å². The van der Waals surface area contributed by atoms with Crippen LogP contribution in [0.25, 0.3) is 0 Å².